The second-order valence-electron chi connectivity index (χ2n) is 9.02. The number of nitrogens with zero attached hydrogens (tertiary/aromatic N) is 5. The summed E-state index contributed by atoms with van der Waals surface area (Å²) in [5.74, 6) is 2.37. The molecule has 0 saturated heterocycles. The van der Waals surface area contributed by atoms with Gasteiger partial charge in [-0.15, -0.1) is 0 Å². The van der Waals surface area contributed by atoms with Gasteiger partial charge in [0.1, 0.15) is 23.0 Å². The van der Waals surface area contributed by atoms with Crippen LogP contribution in [0.1, 0.15) is 0 Å². The Morgan fingerprint density at radius 3 is 2.24 bits per heavy atom. The minimum atomic E-state index is 0.743. The molecule has 0 radical (unpaired) electrons. The van der Waals surface area contributed by atoms with Crippen molar-refractivity contribution in [2.45, 2.75) is 0 Å². The third-order valence-electron chi connectivity index (χ3n) is 6.93. The molecular formula is C31H19N5O. The van der Waals surface area contributed by atoms with Gasteiger partial charge >= 0.3 is 0 Å². The Labute approximate surface area is 211 Å². The number of pyridine rings is 3. The normalized spacial score (nSPS) is 11.8. The molecular weight excluding hydrogens is 458 g/mol. The second kappa shape index (κ2) is 7.63. The quantitative estimate of drug-likeness (QED) is 0.250. The smallest absolute Gasteiger partial charge is 0.145 e. The van der Waals surface area contributed by atoms with Gasteiger partial charge < -0.3 is 4.74 Å². The highest BCUT2D eigenvalue weighted by atomic mass is 16.5. The van der Waals surface area contributed by atoms with E-state index in [2.05, 4.69) is 72.5 Å². The summed E-state index contributed by atoms with van der Waals surface area (Å²) in [5.41, 5.74) is 5.01. The largest absolute Gasteiger partial charge is 0.457 e. The standard InChI is InChI=1S/C31H19N5O/c1-2-7-26-22(6-1)23-12-10-21(19-28(23)36(26)29-9-3-4-14-32-29)37-20-11-13-24-25(18-20)31-34-16-17-35(31)27-8-5-15-33-30(24)27/h1-19H. The lowest BCUT2D eigenvalue weighted by atomic mass is 10.1. The molecule has 0 amide bonds. The maximum absolute atomic E-state index is 6.43. The molecule has 0 spiro atoms. The number of ether oxygens (including phenoxy) is 1. The molecule has 3 aromatic carbocycles. The molecule has 8 rings (SSSR count). The number of imidazole rings is 1. The van der Waals surface area contributed by atoms with E-state index in [1.807, 2.05) is 67.3 Å². The fourth-order valence-corrected chi connectivity index (χ4v) is 5.36. The van der Waals surface area contributed by atoms with Crippen LogP contribution in [0.4, 0.5) is 0 Å². The highest BCUT2D eigenvalue weighted by Crippen LogP contribution is 2.36. The van der Waals surface area contributed by atoms with Crippen LogP contribution >= 0.6 is 0 Å². The first-order valence-electron chi connectivity index (χ1n) is 12.1. The van der Waals surface area contributed by atoms with Crippen LogP contribution in [0.15, 0.2) is 116 Å². The zero-order valence-electron chi connectivity index (χ0n) is 19.6. The Kier molecular flexibility index (Phi) is 4.13. The van der Waals surface area contributed by atoms with Crippen molar-refractivity contribution >= 4 is 49.3 Å². The lowest BCUT2D eigenvalue weighted by Gasteiger charge is -2.11. The monoisotopic (exact) mass is 477 g/mol. The molecule has 0 aliphatic rings. The van der Waals surface area contributed by atoms with Crippen molar-refractivity contribution in [1.29, 1.82) is 0 Å². The van der Waals surface area contributed by atoms with E-state index in [0.717, 1.165) is 61.2 Å². The van der Waals surface area contributed by atoms with Crippen LogP contribution in [0.25, 0.3) is 55.1 Å². The number of benzene rings is 3. The van der Waals surface area contributed by atoms with Gasteiger partial charge in [-0.1, -0.05) is 24.3 Å². The molecule has 0 atom stereocenters. The van der Waals surface area contributed by atoms with Crippen molar-refractivity contribution in [2.75, 3.05) is 0 Å². The molecule has 174 valence electrons. The predicted octanol–water partition coefficient (Wildman–Crippen LogP) is 7.32. The number of aromatic nitrogens is 5. The van der Waals surface area contributed by atoms with E-state index >= 15 is 0 Å². The van der Waals surface area contributed by atoms with Crippen LogP contribution in [0.5, 0.6) is 11.5 Å². The fourth-order valence-electron chi connectivity index (χ4n) is 5.36. The first kappa shape index (κ1) is 20.0. The van der Waals surface area contributed by atoms with E-state index in [1.165, 1.54) is 5.39 Å². The lowest BCUT2D eigenvalue weighted by molar-refractivity contribution is 0.484. The van der Waals surface area contributed by atoms with Gasteiger partial charge in [0.15, 0.2) is 0 Å². The molecule has 0 aliphatic heterocycles. The highest BCUT2D eigenvalue weighted by Gasteiger charge is 2.15. The topological polar surface area (TPSA) is 57.2 Å². The molecule has 6 nitrogen and oxygen atoms in total. The fraction of sp³-hybridized carbons (Fsp3) is 0. The van der Waals surface area contributed by atoms with Crippen LogP contribution in [0, 0.1) is 0 Å². The van der Waals surface area contributed by atoms with E-state index < -0.39 is 0 Å². The first-order chi connectivity index (χ1) is 18.3. The molecule has 0 N–H and O–H groups in total. The molecule has 0 unspecified atom stereocenters. The van der Waals surface area contributed by atoms with E-state index in [1.54, 1.807) is 0 Å². The van der Waals surface area contributed by atoms with Gasteiger partial charge in [0.2, 0.25) is 0 Å². The SMILES string of the molecule is c1ccc(-n2c3ccccc3c3ccc(Oc4ccc5c(c4)c4nccn4c4cccnc54)cc32)nc1. The molecule has 0 saturated carbocycles. The van der Waals surface area contributed by atoms with Crippen molar-refractivity contribution in [1.82, 2.24) is 23.9 Å². The van der Waals surface area contributed by atoms with Gasteiger partial charge in [-0.25, -0.2) is 9.97 Å². The third-order valence-corrected chi connectivity index (χ3v) is 6.93. The van der Waals surface area contributed by atoms with Crippen molar-refractivity contribution in [2.24, 2.45) is 0 Å². The van der Waals surface area contributed by atoms with E-state index in [4.69, 9.17) is 4.74 Å². The van der Waals surface area contributed by atoms with Gasteiger partial charge in [-0.2, -0.15) is 0 Å². The van der Waals surface area contributed by atoms with Crippen LogP contribution in [0.2, 0.25) is 0 Å². The molecule has 5 heterocycles. The average Bonchev–Trinajstić information content (AvgIpc) is 3.57. The van der Waals surface area contributed by atoms with E-state index in [0.29, 0.717) is 0 Å². The summed E-state index contributed by atoms with van der Waals surface area (Å²) in [6, 6.07) is 30.7. The van der Waals surface area contributed by atoms with Gasteiger partial charge in [0.25, 0.3) is 0 Å². The predicted molar refractivity (Wildman–Crippen MR) is 147 cm³/mol. The number of hydrogen-bond donors (Lipinski definition) is 0. The van der Waals surface area contributed by atoms with Crippen molar-refractivity contribution < 1.29 is 4.74 Å². The molecule has 0 fully saturated rings. The number of rotatable bonds is 3. The molecule has 37 heavy (non-hydrogen) atoms. The van der Waals surface area contributed by atoms with Crippen LogP contribution in [0.3, 0.4) is 0 Å². The Hall–Kier alpha value is -5.23. The summed E-state index contributed by atoms with van der Waals surface area (Å²) in [6.07, 6.45) is 7.43. The average molecular weight is 478 g/mol. The molecule has 0 bridgehead atoms. The summed E-state index contributed by atoms with van der Waals surface area (Å²) in [6.45, 7) is 0. The minimum Gasteiger partial charge on any atom is -0.457 e. The maximum atomic E-state index is 6.43. The van der Waals surface area contributed by atoms with Gasteiger partial charge in [0, 0.05) is 52.4 Å². The van der Waals surface area contributed by atoms with Crippen molar-refractivity contribution in [3.05, 3.63) is 116 Å². The number of para-hydroxylation sites is 1. The lowest BCUT2D eigenvalue weighted by Crippen LogP contribution is -1.96. The molecule has 5 aromatic heterocycles. The number of hydrogen-bond acceptors (Lipinski definition) is 4. The first-order valence-corrected chi connectivity index (χ1v) is 12.1. The molecule has 8 aromatic rings. The Bertz CT molecular complexity index is 2130. The summed E-state index contributed by atoms with van der Waals surface area (Å²) in [7, 11) is 0. The summed E-state index contributed by atoms with van der Waals surface area (Å²) in [4.78, 5) is 13.9. The molecule has 6 heteroatoms. The second-order valence-corrected chi connectivity index (χ2v) is 9.02. The Morgan fingerprint density at radius 2 is 1.32 bits per heavy atom. The third kappa shape index (κ3) is 2.96. The zero-order valence-corrected chi connectivity index (χ0v) is 19.6. The minimum absolute atomic E-state index is 0.743. The van der Waals surface area contributed by atoms with Crippen LogP contribution in [-0.2, 0) is 0 Å². The van der Waals surface area contributed by atoms with E-state index in [-0.39, 0.29) is 0 Å². The van der Waals surface area contributed by atoms with Gasteiger partial charge in [-0.05, 0) is 60.7 Å². The summed E-state index contributed by atoms with van der Waals surface area (Å²) < 4.78 is 10.7. The van der Waals surface area contributed by atoms with E-state index in [9.17, 15) is 0 Å². The van der Waals surface area contributed by atoms with Crippen LogP contribution < -0.4 is 4.74 Å². The maximum Gasteiger partial charge on any atom is 0.145 e. The van der Waals surface area contributed by atoms with Crippen LogP contribution in [-0.4, -0.2) is 23.9 Å². The summed E-state index contributed by atoms with van der Waals surface area (Å²) in [5, 5.41) is 4.38. The van der Waals surface area contributed by atoms with Gasteiger partial charge in [0.05, 0.1) is 22.1 Å². The number of fused-ring (bicyclic) bond motifs is 9. The Morgan fingerprint density at radius 1 is 0.541 bits per heavy atom. The zero-order chi connectivity index (χ0) is 24.3. The summed E-state index contributed by atoms with van der Waals surface area (Å²) >= 11 is 0. The van der Waals surface area contributed by atoms with Crippen molar-refractivity contribution in [3.8, 4) is 17.3 Å². The Balaban J connectivity index is 1.30. The van der Waals surface area contributed by atoms with Gasteiger partial charge in [-0.3, -0.25) is 14.0 Å². The molecule has 0 aliphatic carbocycles. The van der Waals surface area contributed by atoms with Crippen molar-refractivity contribution in [3.63, 3.8) is 0 Å². The highest BCUT2D eigenvalue weighted by molar-refractivity contribution is 6.11.